The molecule has 0 saturated heterocycles. The monoisotopic (exact) mass is 248 g/mol. The molecule has 0 spiro atoms. The highest BCUT2D eigenvalue weighted by molar-refractivity contribution is 8.02. The minimum absolute atomic E-state index is 0.331. The second kappa shape index (κ2) is 5.82. The summed E-state index contributed by atoms with van der Waals surface area (Å²) >= 11 is 1.63. The summed E-state index contributed by atoms with van der Waals surface area (Å²) in [5, 5.41) is 0.990. The summed E-state index contributed by atoms with van der Waals surface area (Å²) in [6, 6.07) is 9.94. The summed E-state index contributed by atoms with van der Waals surface area (Å²) < 4.78 is 11.1. The van der Waals surface area contributed by atoms with Gasteiger partial charge in [0.25, 0.3) is 0 Å². The molecule has 0 fully saturated rings. The van der Waals surface area contributed by atoms with Crippen LogP contribution in [-0.4, -0.2) is 19.5 Å². The van der Waals surface area contributed by atoms with Crippen LogP contribution in [0.1, 0.15) is 5.56 Å². The zero-order valence-electron chi connectivity index (χ0n) is 9.89. The van der Waals surface area contributed by atoms with Gasteiger partial charge in [-0.25, -0.2) is 0 Å². The van der Waals surface area contributed by atoms with Crippen LogP contribution in [0.4, 0.5) is 0 Å². The Morgan fingerprint density at radius 2 is 2.24 bits per heavy atom. The van der Waals surface area contributed by atoms with E-state index in [1.165, 1.54) is 0 Å². The highest BCUT2D eigenvalue weighted by Crippen LogP contribution is 2.25. The molecule has 1 aliphatic rings. The van der Waals surface area contributed by atoms with Crippen molar-refractivity contribution in [2.45, 2.75) is 0 Å². The standard InChI is InChI=1S/C14H16O2S/c1-11(13-6-4-3-5-7-13)15-9-12-8-14(17-2)16-10-12/h3-8,12H,1,9-10H2,2H3. The topological polar surface area (TPSA) is 18.5 Å². The fourth-order valence-corrected chi connectivity index (χ4v) is 2.13. The molecule has 1 heterocycles. The van der Waals surface area contributed by atoms with E-state index in [1.54, 1.807) is 11.8 Å². The molecule has 1 atom stereocenters. The maximum atomic E-state index is 5.68. The summed E-state index contributed by atoms with van der Waals surface area (Å²) in [5.74, 6) is 1.05. The third-order valence-corrected chi connectivity index (χ3v) is 3.24. The third kappa shape index (κ3) is 3.30. The smallest absolute Gasteiger partial charge is 0.149 e. The molecule has 0 bridgehead atoms. The van der Waals surface area contributed by atoms with Crippen molar-refractivity contribution >= 4 is 17.5 Å². The number of rotatable bonds is 5. The van der Waals surface area contributed by atoms with Crippen molar-refractivity contribution in [1.82, 2.24) is 0 Å². The predicted octanol–water partition coefficient (Wildman–Crippen LogP) is 3.52. The largest absolute Gasteiger partial charge is 0.493 e. The SMILES string of the molecule is C=C(OCC1C=C(SC)OC1)c1ccccc1. The molecule has 0 aliphatic carbocycles. The van der Waals surface area contributed by atoms with Crippen molar-refractivity contribution in [3.8, 4) is 0 Å². The van der Waals surface area contributed by atoms with Gasteiger partial charge in [0.05, 0.1) is 13.2 Å². The number of hydrogen-bond donors (Lipinski definition) is 0. The summed E-state index contributed by atoms with van der Waals surface area (Å²) in [6.07, 6.45) is 4.13. The minimum Gasteiger partial charge on any atom is -0.493 e. The van der Waals surface area contributed by atoms with Gasteiger partial charge in [-0.05, 0) is 12.3 Å². The summed E-state index contributed by atoms with van der Waals surface area (Å²) in [7, 11) is 0. The summed E-state index contributed by atoms with van der Waals surface area (Å²) in [5.41, 5.74) is 1.03. The Morgan fingerprint density at radius 1 is 1.47 bits per heavy atom. The Hall–Kier alpha value is -1.35. The Labute approximate surface area is 106 Å². The molecule has 0 amide bonds. The van der Waals surface area contributed by atoms with Crippen molar-refractivity contribution in [3.05, 3.63) is 53.6 Å². The fraction of sp³-hybridized carbons (Fsp3) is 0.286. The van der Waals surface area contributed by atoms with Crippen LogP contribution in [-0.2, 0) is 9.47 Å². The molecule has 1 aliphatic heterocycles. The molecule has 1 aromatic rings. The van der Waals surface area contributed by atoms with Crippen molar-refractivity contribution in [2.24, 2.45) is 5.92 Å². The van der Waals surface area contributed by atoms with Gasteiger partial charge in [-0.1, -0.05) is 48.7 Å². The Balaban J connectivity index is 1.83. The molecular weight excluding hydrogens is 232 g/mol. The van der Waals surface area contributed by atoms with Crippen molar-refractivity contribution < 1.29 is 9.47 Å². The summed E-state index contributed by atoms with van der Waals surface area (Å²) in [4.78, 5) is 0. The second-order valence-corrected chi connectivity index (χ2v) is 4.67. The lowest BCUT2D eigenvalue weighted by atomic mass is 10.2. The van der Waals surface area contributed by atoms with E-state index in [1.807, 2.05) is 36.6 Å². The zero-order chi connectivity index (χ0) is 12.1. The van der Waals surface area contributed by atoms with E-state index >= 15 is 0 Å². The third-order valence-electron chi connectivity index (χ3n) is 2.58. The maximum absolute atomic E-state index is 5.68. The van der Waals surface area contributed by atoms with Crippen LogP contribution in [0.15, 0.2) is 48.1 Å². The molecule has 17 heavy (non-hydrogen) atoms. The van der Waals surface area contributed by atoms with Gasteiger partial charge in [0.2, 0.25) is 0 Å². The first kappa shape index (κ1) is 12.1. The van der Waals surface area contributed by atoms with Gasteiger partial charge >= 0.3 is 0 Å². The first-order chi connectivity index (χ1) is 8.29. The van der Waals surface area contributed by atoms with Crippen LogP contribution in [0.2, 0.25) is 0 Å². The van der Waals surface area contributed by atoms with Crippen LogP contribution < -0.4 is 0 Å². The van der Waals surface area contributed by atoms with Crippen LogP contribution in [0.3, 0.4) is 0 Å². The van der Waals surface area contributed by atoms with Gasteiger partial charge in [0.15, 0.2) is 0 Å². The molecular formula is C14H16O2S. The average Bonchev–Trinajstić information content (AvgIpc) is 2.85. The number of ether oxygens (including phenoxy) is 2. The quantitative estimate of drug-likeness (QED) is 0.743. The van der Waals surface area contributed by atoms with Gasteiger partial charge in [-0.3, -0.25) is 0 Å². The van der Waals surface area contributed by atoms with Crippen LogP contribution in [0.5, 0.6) is 0 Å². The van der Waals surface area contributed by atoms with Gasteiger partial charge in [0, 0.05) is 11.5 Å². The summed E-state index contributed by atoms with van der Waals surface area (Å²) in [6.45, 7) is 5.27. The molecule has 90 valence electrons. The zero-order valence-corrected chi connectivity index (χ0v) is 10.7. The van der Waals surface area contributed by atoms with E-state index in [2.05, 4.69) is 12.7 Å². The highest BCUT2D eigenvalue weighted by atomic mass is 32.2. The fourth-order valence-electron chi connectivity index (χ4n) is 1.62. The van der Waals surface area contributed by atoms with Crippen molar-refractivity contribution in [2.75, 3.05) is 19.5 Å². The van der Waals surface area contributed by atoms with Crippen LogP contribution in [0, 0.1) is 5.92 Å². The molecule has 2 nitrogen and oxygen atoms in total. The number of hydrogen-bond acceptors (Lipinski definition) is 3. The second-order valence-electron chi connectivity index (χ2n) is 3.86. The lowest BCUT2D eigenvalue weighted by molar-refractivity contribution is 0.180. The van der Waals surface area contributed by atoms with Gasteiger partial charge in [-0.15, -0.1) is 0 Å². The Bertz CT molecular complexity index is 411. The molecule has 1 aromatic carbocycles. The molecule has 3 heteroatoms. The van der Waals surface area contributed by atoms with E-state index < -0.39 is 0 Å². The molecule has 0 aromatic heterocycles. The van der Waals surface area contributed by atoms with Gasteiger partial charge in [0.1, 0.15) is 10.9 Å². The molecule has 1 unspecified atom stereocenters. The first-order valence-electron chi connectivity index (χ1n) is 5.55. The average molecular weight is 248 g/mol. The molecule has 2 rings (SSSR count). The van der Waals surface area contributed by atoms with E-state index in [0.29, 0.717) is 19.1 Å². The minimum atomic E-state index is 0.331. The van der Waals surface area contributed by atoms with E-state index in [9.17, 15) is 0 Å². The van der Waals surface area contributed by atoms with E-state index in [4.69, 9.17) is 9.47 Å². The van der Waals surface area contributed by atoms with E-state index in [0.717, 1.165) is 16.4 Å². The Morgan fingerprint density at radius 3 is 2.88 bits per heavy atom. The lowest BCUT2D eigenvalue weighted by Crippen LogP contribution is -2.08. The number of thioether (sulfide) groups is 1. The molecule has 0 saturated carbocycles. The van der Waals surface area contributed by atoms with Crippen molar-refractivity contribution in [3.63, 3.8) is 0 Å². The molecule has 0 radical (unpaired) electrons. The Kier molecular flexibility index (Phi) is 4.15. The lowest BCUT2D eigenvalue weighted by Gasteiger charge is -2.11. The van der Waals surface area contributed by atoms with Crippen LogP contribution in [0.25, 0.3) is 5.76 Å². The normalized spacial score (nSPS) is 18.4. The highest BCUT2D eigenvalue weighted by Gasteiger charge is 2.17. The maximum Gasteiger partial charge on any atom is 0.149 e. The van der Waals surface area contributed by atoms with Crippen molar-refractivity contribution in [1.29, 1.82) is 0 Å². The van der Waals surface area contributed by atoms with Gasteiger partial charge < -0.3 is 9.47 Å². The number of benzene rings is 1. The van der Waals surface area contributed by atoms with E-state index in [-0.39, 0.29) is 0 Å². The molecule has 0 N–H and O–H groups in total. The predicted molar refractivity (Wildman–Crippen MR) is 72.5 cm³/mol. The first-order valence-corrected chi connectivity index (χ1v) is 6.78. The van der Waals surface area contributed by atoms with Gasteiger partial charge in [-0.2, -0.15) is 0 Å². The van der Waals surface area contributed by atoms with Crippen LogP contribution >= 0.6 is 11.8 Å².